The summed E-state index contributed by atoms with van der Waals surface area (Å²) >= 11 is 1.56. The number of carbonyl (C=O) groups excluding carboxylic acids is 1. The normalized spacial score (nSPS) is 13.7. The van der Waals surface area contributed by atoms with Gasteiger partial charge < -0.3 is 14.7 Å². The maximum atomic E-state index is 12.2. The smallest absolute Gasteiger partial charge is 0.309 e. The first-order valence-electron chi connectivity index (χ1n) is 8.80. The Morgan fingerprint density at radius 1 is 1.37 bits per heavy atom. The average Bonchev–Trinajstić information content (AvgIpc) is 3.17. The molecule has 140 valence electrons. The summed E-state index contributed by atoms with van der Waals surface area (Å²) in [6.45, 7) is 4.65. The summed E-state index contributed by atoms with van der Waals surface area (Å²) < 4.78 is 7.51. The molecule has 1 aromatic carbocycles. The SMILES string of the molecule is CCc1sc2nc(CC(=O)O)cn2c1-c1ccc2c(c1)N(CC)C(=O)CO2. The van der Waals surface area contributed by atoms with E-state index in [1.807, 2.05) is 29.5 Å². The third-order valence-corrected chi connectivity index (χ3v) is 5.79. The van der Waals surface area contributed by atoms with E-state index >= 15 is 0 Å². The monoisotopic (exact) mass is 385 g/mol. The first kappa shape index (κ1) is 17.5. The van der Waals surface area contributed by atoms with Gasteiger partial charge in [0.1, 0.15) is 5.75 Å². The van der Waals surface area contributed by atoms with Crippen molar-refractivity contribution in [2.24, 2.45) is 0 Å². The van der Waals surface area contributed by atoms with Crippen LogP contribution in [0, 0.1) is 0 Å². The molecule has 3 aromatic rings. The number of anilines is 1. The zero-order chi connectivity index (χ0) is 19.1. The molecule has 8 heteroatoms. The van der Waals surface area contributed by atoms with E-state index in [1.54, 1.807) is 22.4 Å². The largest absolute Gasteiger partial charge is 0.482 e. The fraction of sp³-hybridized carbons (Fsp3) is 0.316. The Hall–Kier alpha value is -2.87. The van der Waals surface area contributed by atoms with Crippen LogP contribution in [-0.2, 0) is 22.4 Å². The number of nitrogens with zero attached hydrogens (tertiary/aromatic N) is 3. The highest BCUT2D eigenvalue weighted by molar-refractivity contribution is 7.17. The number of fused-ring (bicyclic) bond motifs is 2. The summed E-state index contributed by atoms with van der Waals surface area (Å²) in [5, 5.41) is 9.03. The van der Waals surface area contributed by atoms with E-state index in [0.717, 1.165) is 33.2 Å². The van der Waals surface area contributed by atoms with Crippen LogP contribution in [0.25, 0.3) is 16.2 Å². The third kappa shape index (κ3) is 2.95. The average molecular weight is 385 g/mol. The van der Waals surface area contributed by atoms with Crippen molar-refractivity contribution in [1.82, 2.24) is 9.38 Å². The number of amides is 1. The zero-order valence-electron chi connectivity index (χ0n) is 15.1. The number of benzene rings is 1. The predicted molar refractivity (Wildman–Crippen MR) is 103 cm³/mol. The van der Waals surface area contributed by atoms with Crippen molar-refractivity contribution < 1.29 is 19.4 Å². The second-order valence-electron chi connectivity index (χ2n) is 6.29. The highest BCUT2D eigenvalue weighted by atomic mass is 32.1. The molecule has 0 atom stereocenters. The molecule has 0 saturated heterocycles. The van der Waals surface area contributed by atoms with Crippen LogP contribution in [-0.4, -0.2) is 39.5 Å². The molecule has 0 saturated carbocycles. The number of carbonyl (C=O) groups is 2. The third-order valence-electron chi connectivity index (χ3n) is 4.59. The van der Waals surface area contributed by atoms with E-state index in [1.165, 1.54) is 0 Å². The quantitative estimate of drug-likeness (QED) is 0.730. The van der Waals surface area contributed by atoms with Gasteiger partial charge in [-0.3, -0.25) is 14.0 Å². The molecule has 0 fully saturated rings. The van der Waals surface area contributed by atoms with Gasteiger partial charge in [-0.05, 0) is 31.5 Å². The molecule has 0 bridgehead atoms. The lowest BCUT2D eigenvalue weighted by atomic mass is 10.1. The number of thiazole rings is 1. The highest BCUT2D eigenvalue weighted by Crippen LogP contribution is 2.39. The molecule has 1 aliphatic rings. The highest BCUT2D eigenvalue weighted by Gasteiger charge is 2.26. The number of imidazole rings is 1. The lowest BCUT2D eigenvalue weighted by Crippen LogP contribution is -2.38. The molecule has 27 heavy (non-hydrogen) atoms. The molecular formula is C19H19N3O4S. The van der Waals surface area contributed by atoms with E-state index in [4.69, 9.17) is 9.84 Å². The van der Waals surface area contributed by atoms with Gasteiger partial charge in [0, 0.05) is 23.2 Å². The van der Waals surface area contributed by atoms with Gasteiger partial charge in [-0.1, -0.05) is 6.92 Å². The number of carboxylic acids is 1. The van der Waals surface area contributed by atoms with Gasteiger partial charge in [0.05, 0.1) is 23.5 Å². The number of aromatic nitrogens is 2. The first-order chi connectivity index (χ1) is 13.0. The van der Waals surface area contributed by atoms with Gasteiger partial charge in [0.15, 0.2) is 11.6 Å². The lowest BCUT2D eigenvalue weighted by molar-refractivity contribution is -0.136. The van der Waals surface area contributed by atoms with Crippen LogP contribution >= 0.6 is 11.3 Å². The second-order valence-corrected chi connectivity index (χ2v) is 7.35. The number of hydrogen-bond donors (Lipinski definition) is 1. The zero-order valence-corrected chi connectivity index (χ0v) is 15.9. The molecule has 0 aliphatic carbocycles. The minimum absolute atomic E-state index is 0.0558. The van der Waals surface area contributed by atoms with Crippen molar-refractivity contribution in [1.29, 1.82) is 0 Å². The van der Waals surface area contributed by atoms with Crippen LogP contribution in [0.2, 0.25) is 0 Å². The summed E-state index contributed by atoms with van der Waals surface area (Å²) in [7, 11) is 0. The Balaban J connectivity index is 1.86. The molecule has 7 nitrogen and oxygen atoms in total. The molecule has 0 spiro atoms. The summed E-state index contributed by atoms with van der Waals surface area (Å²) in [6, 6.07) is 5.82. The van der Waals surface area contributed by atoms with Gasteiger partial charge in [-0.25, -0.2) is 4.98 Å². The summed E-state index contributed by atoms with van der Waals surface area (Å²) in [5.74, 6) is -0.261. The van der Waals surface area contributed by atoms with Gasteiger partial charge in [0.25, 0.3) is 5.91 Å². The molecule has 0 unspecified atom stereocenters. The molecule has 1 aliphatic heterocycles. The summed E-state index contributed by atoms with van der Waals surface area (Å²) in [6.07, 6.45) is 2.51. The Labute approximate surface area is 159 Å². The van der Waals surface area contributed by atoms with E-state index < -0.39 is 5.97 Å². The van der Waals surface area contributed by atoms with Crippen molar-refractivity contribution >= 4 is 33.9 Å². The Morgan fingerprint density at radius 3 is 2.89 bits per heavy atom. The van der Waals surface area contributed by atoms with Gasteiger partial charge in [0.2, 0.25) is 0 Å². The van der Waals surface area contributed by atoms with Crippen LogP contribution < -0.4 is 9.64 Å². The van der Waals surface area contributed by atoms with Crippen molar-refractivity contribution in [2.45, 2.75) is 26.7 Å². The first-order valence-corrected chi connectivity index (χ1v) is 9.62. The minimum Gasteiger partial charge on any atom is -0.482 e. The predicted octanol–water partition coefficient (Wildman–Crippen LogP) is 3.00. The van der Waals surface area contributed by atoms with Crippen molar-refractivity contribution in [3.8, 4) is 17.0 Å². The number of carboxylic acid groups (broad SMARTS) is 1. The molecule has 3 heterocycles. The maximum Gasteiger partial charge on any atom is 0.309 e. The number of rotatable bonds is 5. The molecule has 4 rings (SSSR count). The maximum absolute atomic E-state index is 12.2. The fourth-order valence-corrected chi connectivity index (χ4v) is 4.49. The molecule has 1 amide bonds. The van der Waals surface area contributed by atoms with Crippen LogP contribution in [0.4, 0.5) is 5.69 Å². The Kier molecular flexibility index (Phi) is 4.35. The number of hydrogen-bond acceptors (Lipinski definition) is 5. The molecule has 1 N–H and O–H groups in total. The van der Waals surface area contributed by atoms with Gasteiger partial charge >= 0.3 is 5.97 Å². The Morgan fingerprint density at radius 2 is 2.19 bits per heavy atom. The van der Waals surface area contributed by atoms with E-state index in [9.17, 15) is 9.59 Å². The number of likely N-dealkylation sites (N-methyl/N-ethyl adjacent to an activating group) is 1. The minimum atomic E-state index is -0.902. The number of aryl methyl sites for hydroxylation is 1. The van der Waals surface area contributed by atoms with Crippen molar-refractivity contribution in [3.05, 3.63) is 35.0 Å². The number of aliphatic carboxylic acids is 1. The van der Waals surface area contributed by atoms with Crippen LogP contribution in [0.5, 0.6) is 5.75 Å². The lowest BCUT2D eigenvalue weighted by Gasteiger charge is -2.28. The van der Waals surface area contributed by atoms with Gasteiger partial charge in [-0.2, -0.15) is 0 Å². The van der Waals surface area contributed by atoms with Crippen LogP contribution in [0.3, 0.4) is 0 Å². The fourth-order valence-electron chi connectivity index (χ4n) is 3.41. The second kappa shape index (κ2) is 6.70. The van der Waals surface area contributed by atoms with E-state index in [2.05, 4.69) is 11.9 Å². The van der Waals surface area contributed by atoms with Crippen LogP contribution in [0.15, 0.2) is 24.4 Å². The number of ether oxygens (including phenoxy) is 1. The van der Waals surface area contributed by atoms with Gasteiger partial charge in [-0.15, -0.1) is 11.3 Å². The van der Waals surface area contributed by atoms with E-state index in [-0.39, 0.29) is 18.9 Å². The van der Waals surface area contributed by atoms with Crippen molar-refractivity contribution in [2.75, 3.05) is 18.1 Å². The van der Waals surface area contributed by atoms with Crippen LogP contribution in [0.1, 0.15) is 24.4 Å². The summed E-state index contributed by atoms with van der Waals surface area (Å²) in [4.78, 5) is 31.3. The van der Waals surface area contributed by atoms with E-state index in [0.29, 0.717) is 18.0 Å². The Bertz CT molecular complexity index is 1050. The summed E-state index contributed by atoms with van der Waals surface area (Å²) in [5.41, 5.74) is 3.23. The van der Waals surface area contributed by atoms with Crippen molar-refractivity contribution in [3.63, 3.8) is 0 Å². The molecule has 2 aromatic heterocycles. The molecule has 0 radical (unpaired) electrons. The topological polar surface area (TPSA) is 84.1 Å². The molecular weight excluding hydrogens is 366 g/mol. The standard InChI is InChI=1S/C19H19N3O4S/c1-3-15-18(22-9-12(8-17(24)25)20-19(22)27-15)11-5-6-14-13(7-11)21(4-2)16(23)10-26-14/h5-7,9H,3-4,8,10H2,1-2H3,(H,24,25).